The highest BCUT2D eigenvalue weighted by molar-refractivity contribution is 5.73. The highest BCUT2D eigenvalue weighted by Gasteiger charge is 2.18. The molecule has 0 bridgehead atoms. The molecular formula is C13H18N4O2. The first-order chi connectivity index (χ1) is 9.06. The second kappa shape index (κ2) is 5.79. The summed E-state index contributed by atoms with van der Waals surface area (Å²) in [5, 5.41) is 12.2. The molecule has 2 aromatic heterocycles. The summed E-state index contributed by atoms with van der Waals surface area (Å²) < 4.78 is 1.81. The number of nitrogens with one attached hydrogen (secondary N) is 1. The van der Waals surface area contributed by atoms with Gasteiger partial charge in [-0.1, -0.05) is 13.8 Å². The fourth-order valence-electron chi connectivity index (χ4n) is 1.94. The zero-order valence-electron chi connectivity index (χ0n) is 11.1. The summed E-state index contributed by atoms with van der Waals surface area (Å²) in [6, 6.07) is 1.28. The van der Waals surface area contributed by atoms with Gasteiger partial charge in [-0.15, -0.1) is 0 Å². The molecule has 0 spiro atoms. The Labute approximate surface area is 111 Å². The van der Waals surface area contributed by atoms with Crippen LogP contribution in [-0.4, -0.2) is 31.5 Å². The fourth-order valence-corrected chi connectivity index (χ4v) is 1.94. The van der Waals surface area contributed by atoms with Gasteiger partial charge < -0.3 is 5.11 Å². The molecule has 0 aliphatic carbocycles. The number of hydrogen-bond acceptors (Lipinski definition) is 4. The van der Waals surface area contributed by atoms with E-state index in [2.05, 4.69) is 15.3 Å². The number of carboxylic acid groups (broad SMARTS) is 1. The minimum atomic E-state index is -0.824. The van der Waals surface area contributed by atoms with E-state index in [0.29, 0.717) is 24.7 Å². The second-order valence-electron chi connectivity index (χ2n) is 4.96. The van der Waals surface area contributed by atoms with Gasteiger partial charge in [-0.25, -0.2) is 9.97 Å². The van der Waals surface area contributed by atoms with E-state index in [1.54, 1.807) is 6.20 Å². The molecule has 0 amide bonds. The molecule has 6 nitrogen and oxygen atoms in total. The van der Waals surface area contributed by atoms with Crippen LogP contribution >= 0.6 is 0 Å². The lowest BCUT2D eigenvalue weighted by Crippen LogP contribution is -2.37. The second-order valence-corrected chi connectivity index (χ2v) is 4.96. The summed E-state index contributed by atoms with van der Waals surface area (Å²) in [5.74, 6) is 0.127. The van der Waals surface area contributed by atoms with Crippen LogP contribution in [0.4, 0.5) is 0 Å². The van der Waals surface area contributed by atoms with Crippen molar-refractivity contribution in [3.63, 3.8) is 0 Å². The lowest BCUT2D eigenvalue weighted by atomic mass is 10.0. The van der Waals surface area contributed by atoms with Crippen molar-refractivity contribution in [1.82, 2.24) is 19.7 Å². The molecule has 0 aliphatic heterocycles. The Balaban J connectivity index is 2.02. The van der Waals surface area contributed by atoms with Crippen LogP contribution in [-0.2, 0) is 11.3 Å². The van der Waals surface area contributed by atoms with E-state index in [0.717, 1.165) is 5.69 Å². The number of aromatic nitrogens is 3. The van der Waals surface area contributed by atoms with Crippen molar-refractivity contribution >= 4 is 11.7 Å². The van der Waals surface area contributed by atoms with Crippen LogP contribution in [0.25, 0.3) is 5.78 Å². The quantitative estimate of drug-likeness (QED) is 0.820. The average Bonchev–Trinajstić information content (AvgIpc) is 2.76. The van der Waals surface area contributed by atoms with Crippen molar-refractivity contribution in [1.29, 1.82) is 0 Å². The Morgan fingerprint density at radius 3 is 2.95 bits per heavy atom. The third-order valence-electron chi connectivity index (χ3n) is 2.82. The molecule has 2 N–H and O–H groups in total. The Bertz CT molecular complexity index is 532. The van der Waals surface area contributed by atoms with E-state index in [9.17, 15) is 4.79 Å². The summed E-state index contributed by atoms with van der Waals surface area (Å²) in [7, 11) is 0. The largest absolute Gasteiger partial charge is 0.480 e. The minimum absolute atomic E-state index is 0.330. The zero-order valence-corrected chi connectivity index (χ0v) is 11.1. The van der Waals surface area contributed by atoms with Crippen molar-refractivity contribution in [3.05, 3.63) is 30.4 Å². The van der Waals surface area contributed by atoms with Crippen molar-refractivity contribution in [2.24, 2.45) is 5.92 Å². The molecule has 0 saturated heterocycles. The Hall–Kier alpha value is -1.95. The molecule has 0 saturated carbocycles. The third kappa shape index (κ3) is 3.51. The molecule has 19 heavy (non-hydrogen) atoms. The molecule has 0 fully saturated rings. The smallest absolute Gasteiger partial charge is 0.320 e. The topological polar surface area (TPSA) is 79.5 Å². The average molecular weight is 262 g/mol. The molecule has 1 atom stereocenters. The number of carbonyl (C=O) groups is 1. The van der Waals surface area contributed by atoms with Crippen LogP contribution in [0.5, 0.6) is 0 Å². The van der Waals surface area contributed by atoms with Crippen molar-refractivity contribution < 1.29 is 9.90 Å². The maximum Gasteiger partial charge on any atom is 0.320 e. The first-order valence-corrected chi connectivity index (χ1v) is 6.31. The predicted octanol–water partition coefficient (Wildman–Crippen LogP) is 1.32. The number of aliphatic carboxylic acids is 1. The Kier molecular flexibility index (Phi) is 4.11. The summed E-state index contributed by atoms with van der Waals surface area (Å²) in [6.45, 7) is 4.44. The van der Waals surface area contributed by atoms with E-state index >= 15 is 0 Å². The van der Waals surface area contributed by atoms with Crippen LogP contribution in [0.3, 0.4) is 0 Å². The Morgan fingerprint density at radius 2 is 2.32 bits per heavy atom. The monoisotopic (exact) mass is 262 g/mol. The maximum absolute atomic E-state index is 11.1. The molecule has 0 aromatic carbocycles. The highest BCUT2D eigenvalue weighted by atomic mass is 16.4. The van der Waals surface area contributed by atoms with Crippen molar-refractivity contribution in [3.8, 4) is 0 Å². The van der Waals surface area contributed by atoms with Gasteiger partial charge in [-0.05, 0) is 18.4 Å². The lowest BCUT2D eigenvalue weighted by Gasteiger charge is -2.15. The summed E-state index contributed by atoms with van der Waals surface area (Å²) in [6.07, 6.45) is 5.99. The number of carboxylic acids is 1. The first-order valence-electron chi connectivity index (χ1n) is 6.31. The summed E-state index contributed by atoms with van der Waals surface area (Å²) in [4.78, 5) is 19.6. The summed E-state index contributed by atoms with van der Waals surface area (Å²) in [5.41, 5.74) is 0.786. The molecule has 0 aliphatic rings. The van der Waals surface area contributed by atoms with Gasteiger partial charge in [-0.3, -0.25) is 14.5 Å². The van der Waals surface area contributed by atoms with Gasteiger partial charge >= 0.3 is 5.97 Å². The lowest BCUT2D eigenvalue weighted by molar-refractivity contribution is -0.140. The van der Waals surface area contributed by atoms with Gasteiger partial charge in [0.1, 0.15) is 6.04 Å². The number of nitrogens with zero attached hydrogens (tertiary/aromatic N) is 3. The Morgan fingerprint density at radius 1 is 1.53 bits per heavy atom. The van der Waals surface area contributed by atoms with Gasteiger partial charge in [0.25, 0.3) is 0 Å². The standard InChI is InChI=1S/C13H18N4O2/c1-9(2)6-11(12(18)19)15-7-10-8-17-5-3-4-14-13(17)16-10/h3-5,8-9,11,15H,6-7H2,1-2H3,(H,18,19). The molecule has 1 unspecified atom stereocenters. The van der Waals surface area contributed by atoms with Gasteiger partial charge in [0.15, 0.2) is 0 Å². The van der Waals surface area contributed by atoms with E-state index in [1.807, 2.05) is 36.7 Å². The number of fused-ring (bicyclic) bond motifs is 1. The molecule has 102 valence electrons. The highest BCUT2D eigenvalue weighted by Crippen LogP contribution is 2.07. The maximum atomic E-state index is 11.1. The summed E-state index contributed by atoms with van der Waals surface area (Å²) >= 11 is 0. The van der Waals surface area contributed by atoms with Crippen LogP contribution in [0.2, 0.25) is 0 Å². The zero-order chi connectivity index (χ0) is 13.8. The van der Waals surface area contributed by atoms with E-state index in [-0.39, 0.29) is 0 Å². The molecule has 2 rings (SSSR count). The van der Waals surface area contributed by atoms with Crippen LogP contribution in [0, 0.1) is 5.92 Å². The molecule has 2 aromatic rings. The third-order valence-corrected chi connectivity index (χ3v) is 2.82. The number of imidazole rings is 1. The van der Waals surface area contributed by atoms with Crippen molar-refractivity contribution in [2.45, 2.75) is 32.9 Å². The first kappa shape index (κ1) is 13.5. The van der Waals surface area contributed by atoms with E-state index in [4.69, 9.17) is 5.11 Å². The normalized spacial score (nSPS) is 13.0. The van der Waals surface area contributed by atoms with Gasteiger partial charge in [0.2, 0.25) is 5.78 Å². The predicted molar refractivity (Wildman–Crippen MR) is 70.7 cm³/mol. The minimum Gasteiger partial charge on any atom is -0.480 e. The molecule has 2 heterocycles. The molecular weight excluding hydrogens is 244 g/mol. The molecule has 0 radical (unpaired) electrons. The van der Waals surface area contributed by atoms with Crippen LogP contribution in [0.1, 0.15) is 26.0 Å². The number of rotatable bonds is 6. The number of hydrogen-bond donors (Lipinski definition) is 2. The SMILES string of the molecule is CC(C)CC(NCc1cn2cccnc2n1)C(=O)O. The van der Waals surface area contributed by atoms with Gasteiger partial charge in [0.05, 0.1) is 5.69 Å². The molecule has 6 heteroatoms. The van der Waals surface area contributed by atoms with E-state index in [1.165, 1.54) is 0 Å². The van der Waals surface area contributed by atoms with Crippen molar-refractivity contribution in [2.75, 3.05) is 0 Å². The van der Waals surface area contributed by atoms with Crippen LogP contribution in [0.15, 0.2) is 24.7 Å². The van der Waals surface area contributed by atoms with E-state index < -0.39 is 12.0 Å². The van der Waals surface area contributed by atoms with Gasteiger partial charge in [0, 0.05) is 25.1 Å². The van der Waals surface area contributed by atoms with Crippen LogP contribution < -0.4 is 5.32 Å². The van der Waals surface area contributed by atoms with Gasteiger partial charge in [-0.2, -0.15) is 0 Å². The fraction of sp³-hybridized carbons (Fsp3) is 0.462.